The molecule has 1 aliphatic rings. The van der Waals surface area contributed by atoms with Crippen molar-refractivity contribution in [1.29, 1.82) is 0 Å². The first-order valence-electron chi connectivity index (χ1n) is 5.30. The second-order valence-corrected chi connectivity index (χ2v) is 3.97. The number of carbonyl (C=O) groups excluding carboxylic acids is 2. The largest absolute Gasteiger partial charge is 0.394 e. The molecular formula is C9H16N2O7. The van der Waals surface area contributed by atoms with Crippen LogP contribution in [0.4, 0.5) is 0 Å². The highest BCUT2D eigenvalue weighted by molar-refractivity contribution is 5.77. The third kappa shape index (κ3) is 2.94. The standard InChI is InChI=1S/C9H16N2O7/c10-6-1-2-7(15)17-11(18-8(6)16)9(3-12,4-13)5-14/h6,12-14H,1-5,10H2/t6-/m1/s1. The molecule has 0 aromatic carbocycles. The number of nitrogens with two attached hydrogens (primary N) is 1. The summed E-state index contributed by atoms with van der Waals surface area (Å²) in [6.45, 7) is -2.39. The third-order valence-corrected chi connectivity index (χ3v) is 2.59. The summed E-state index contributed by atoms with van der Waals surface area (Å²) in [7, 11) is 0. The Morgan fingerprint density at radius 1 is 1.22 bits per heavy atom. The average molecular weight is 264 g/mol. The molecule has 1 atom stereocenters. The molecule has 0 aromatic heterocycles. The van der Waals surface area contributed by atoms with Crippen molar-refractivity contribution in [3.05, 3.63) is 0 Å². The van der Waals surface area contributed by atoms with Gasteiger partial charge in [-0.05, 0) is 6.42 Å². The maximum atomic E-state index is 11.5. The summed E-state index contributed by atoms with van der Waals surface area (Å²) in [5.41, 5.74) is 3.63. The molecule has 1 aliphatic heterocycles. The minimum absolute atomic E-state index is 0.0654. The molecule has 0 aromatic rings. The number of nitrogens with zero attached hydrogens (tertiary/aromatic N) is 1. The summed E-state index contributed by atoms with van der Waals surface area (Å²) in [6.07, 6.45) is -0.0545. The molecule has 9 nitrogen and oxygen atoms in total. The topological polar surface area (TPSA) is 143 Å². The summed E-state index contributed by atoms with van der Waals surface area (Å²) >= 11 is 0. The lowest BCUT2D eigenvalue weighted by Gasteiger charge is -2.36. The minimum Gasteiger partial charge on any atom is -0.394 e. The Morgan fingerprint density at radius 2 is 1.78 bits per heavy atom. The normalized spacial score (nSPS) is 23.0. The molecule has 0 spiro atoms. The molecule has 0 saturated carbocycles. The maximum Gasteiger partial charge on any atom is 0.345 e. The molecule has 104 valence electrons. The molecular weight excluding hydrogens is 248 g/mol. The highest BCUT2D eigenvalue weighted by Crippen LogP contribution is 2.19. The zero-order valence-electron chi connectivity index (χ0n) is 9.61. The smallest absolute Gasteiger partial charge is 0.345 e. The fourth-order valence-corrected chi connectivity index (χ4v) is 1.21. The van der Waals surface area contributed by atoms with Gasteiger partial charge in [-0.3, -0.25) is 4.79 Å². The van der Waals surface area contributed by atoms with Crippen LogP contribution in [0.3, 0.4) is 0 Å². The molecule has 5 N–H and O–H groups in total. The monoisotopic (exact) mass is 264 g/mol. The first-order valence-corrected chi connectivity index (χ1v) is 5.30. The Kier molecular flexibility index (Phi) is 4.99. The van der Waals surface area contributed by atoms with Crippen LogP contribution in [0.1, 0.15) is 12.8 Å². The van der Waals surface area contributed by atoms with Crippen molar-refractivity contribution in [1.82, 2.24) is 5.23 Å². The highest BCUT2D eigenvalue weighted by Gasteiger charge is 2.44. The number of hydroxylamine groups is 2. The molecule has 0 unspecified atom stereocenters. The number of hydrogen-bond acceptors (Lipinski definition) is 9. The molecule has 0 bridgehead atoms. The number of aliphatic hydroxyl groups is 3. The van der Waals surface area contributed by atoms with Gasteiger partial charge in [0, 0.05) is 11.6 Å². The van der Waals surface area contributed by atoms with Crippen LogP contribution < -0.4 is 5.73 Å². The number of aliphatic hydroxyl groups excluding tert-OH is 3. The van der Waals surface area contributed by atoms with Gasteiger partial charge in [-0.1, -0.05) is 0 Å². The van der Waals surface area contributed by atoms with E-state index < -0.39 is 43.3 Å². The second kappa shape index (κ2) is 6.07. The van der Waals surface area contributed by atoms with E-state index in [1.54, 1.807) is 0 Å². The summed E-state index contributed by atoms with van der Waals surface area (Å²) < 4.78 is 0. The van der Waals surface area contributed by atoms with Gasteiger partial charge in [-0.15, -0.1) is 0 Å². The molecule has 0 radical (unpaired) electrons. The molecule has 1 heterocycles. The maximum absolute atomic E-state index is 11.5. The highest BCUT2D eigenvalue weighted by atomic mass is 17.0. The number of rotatable bonds is 4. The van der Waals surface area contributed by atoms with Crippen molar-refractivity contribution >= 4 is 11.9 Å². The van der Waals surface area contributed by atoms with Crippen molar-refractivity contribution in [2.75, 3.05) is 19.8 Å². The van der Waals surface area contributed by atoms with Crippen LogP contribution in [0.25, 0.3) is 0 Å². The van der Waals surface area contributed by atoms with Gasteiger partial charge in [-0.2, -0.15) is 0 Å². The zero-order chi connectivity index (χ0) is 13.8. The minimum atomic E-state index is -1.82. The number of carbonyl (C=O) groups is 2. The van der Waals surface area contributed by atoms with E-state index in [2.05, 4.69) is 9.68 Å². The van der Waals surface area contributed by atoms with E-state index >= 15 is 0 Å². The van der Waals surface area contributed by atoms with Gasteiger partial charge in [0.1, 0.15) is 6.04 Å². The van der Waals surface area contributed by atoms with Crippen LogP contribution in [-0.4, -0.2) is 63.9 Å². The molecule has 9 heteroatoms. The first kappa shape index (κ1) is 14.8. The molecule has 1 fully saturated rings. The summed E-state index contributed by atoms with van der Waals surface area (Å²) in [6, 6.07) is -1.02. The van der Waals surface area contributed by atoms with Gasteiger partial charge in [0.15, 0.2) is 5.54 Å². The van der Waals surface area contributed by atoms with E-state index in [1.807, 2.05) is 0 Å². The van der Waals surface area contributed by atoms with Gasteiger partial charge in [0.2, 0.25) is 0 Å². The van der Waals surface area contributed by atoms with E-state index in [-0.39, 0.29) is 12.8 Å². The second-order valence-electron chi connectivity index (χ2n) is 3.97. The van der Waals surface area contributed by atoms with Crippen molar-refractivity contribution < 1.29 is 34.6 Å². The van der Waals surface area contributed by atoms with Gasteiger partial charge >= 0.3 is 11.9 Å². The van der Waals surface area contributed by atoms with Crippen LogP contribution >= 0.6 is 0 Å². The Morgan fingerprint density at radius 3 is 2.28 bits per heavy atom. The fraction of sp³-hybridized carbons (Fsp3) is 0.778. The lowest BCUT2D eigenvalue weighted by Crippen LogP contribution is -2.59. The zero-order valence-corrected chi connectivity index (χ0v) is 9.61. The Balaban J connectivity index is 2.95. The predicted molar refractivity (Wildman–Crippen MR) is 55.2 cm³/mol. The average Bonchev–Trinajstić information content (AvgIpc) is 2.37. The van der Waals surface area contributed by atoms with E-state index in [9.17, 15) is 9.59 Å². The third-order valence-electron chi connectivity index (χ3n) is 2.59. The van der Waals surface area contributed by atoms with E-state index in [0.717, 1.165) is 0 Å². The fourth-order valence-electron chi connectivity index (χ4n) is 1.21. The van der Waals surface area contributed by atoms with Crippen molar-refractivity contribution in [3.8, 4) is 0 Å². The van der Waals surface area contributed by atoms with Crippen LogP contribution in [0.2, 0.25) is 0 Å². The Bertz CT molecular complexity index is 310. The SMILES string of the molecule is N[C@@H]1CCC(=O)ON(C(CO)(CO)CO)OC1=O. The summed E-state index contributed by atoms with van der Waals surface area (Å²) in [4.78, 5) is 32.1. The Hall–Kier alpha value is -1.26. The quantitative estimate of drug-likeness (QED) is 0.418. The lowest BCUT2D eigenvalue weighted by atomic mass is 10.1. The summed E-state index contributed by atoms with van der Waals surface area (Å²) in [5, 5.41) is 27.8. The van der Waals surface area contributed by atoms with Gasteiger partial charge in [-0.25, -0.2) is 4.79 Å². The molecule has 0 amide bonds. The van der Waals surface area contributed by atoms with Crippen molar-refractivity contribution in [2.45, 2.75) is 24.4 Å². The molecule has 1 saturated heterocycles. The van der Waals surface area contributed by atoms with Crippen LogP contribution in [0, 0.1) is 0 Å². The number of hydrogen-bond donors (Lipinski definition) is 4. The lowest BCUT2D eigenvalue weighted by molar-refractivity contribution is -0.384. The molecule has 0 aliphatic carbocycles. The van der Waals surface area contributed by atoms with E-state index in [0.29, 0.717) is 5.23 Å². The first-order chi connectivity index (χ1) is 8.49. The van der Waals surface area contributed by atoms with Crippen LogP contribution in [0.15, 0.2) is 0 Å². The van der Waals surface area contributed by atoms with Gasteiger partial charge in [0.25, 0.3) is 0 Å². The predicted octanol–water partition coefficient (Wildman–Crippen LogP) is -2.96. The van der Waals surface area contributed by atoms with Crippen LogP contribution in [0.5, 0.6) is 0 Å². The molecule has 1 rings (SSSR count). The molecule has 18 heavy (non-hydrogen) atoms. The van der Waals surface area contributed by atoms with Crippen molar-refractivity contribution in [2.24, 2.45) is 5.73 Å². The summed E-state index contributed by atoms with van der Waals surface area (Å²) in [5.74, 6) is -1.64. The van der Waals surface area contributed by atoms with Crippen LogP contribution in [-0.2, 0) is 19.3 Å². The van der Waals surface area contributed by atoms with Gasteiger partial charge < -0.3 is 30.7 Å². The van der Waals surface area contributed by atoms with E-state index in [4.69, 9.17) is 21.1 Å². The Labute approximate surface area is 103 Å². The van der Waals surface area contributed by atoms with E-state index in [1.165, 1.54) is 0 Å². The van der Waals surface area contributed by atoms with Crippen molar-refractivity contribution in [3.63, 3.8) is 0 Å². The van der Waals surface area contributed by atoms with Gasteiger partial charge in [0.05, 0.1) is 19.8 Å².